The van der Waals surface area contributed by atoms with E-state index in [1.165, 1.54) is 0 Å². The molecule has 0 saturated carbocycles. The molecule has 1 atom stereocenters. The van der Waals surface area contributed by atoms with Crippen molar-refractivity contribution in [3.05, 3.63) is 0 Å². The molecule has 0 radical (unpaired) electrons. The topological polar surface area (TPSA) is 55.8 Å². The van der Waals surface area contributed by atoms with Crippen LogP contribution in [0.25, 0.3) is 0 Å². The summed E-state index contributed by atoms with van der Waals surface area (Å²) in [6.45, 7) is 12.3. The SMILES string of the molecule is CCCCCCOP(=O)(OCCCCCC)C(C)C(=O)N(CCC)CCC. The zero-order valence-corrected chi connectivity index (χ0v) is 19.4. The van der Waals surface area contributed by atoms with E-state index in [-0.39, 0.29) is 5.91 Å². The van der Waals surface area contributed by atoms with Crippen LogP contribution >= 0.6 is 7.60 Å². The minimum atomic E-state index is -3.46. The molecule has 0 aromatic rings. The maximum atomic E-state index is 13.4. The Kier molecular flexibility index (Phi) is 16.3. The van der Waals surface area contributed by atoms with Crippen LogP contribution in [-0.4, -0.2) is 42.8 Å². The van der Waals surface area contributed by atoms with Crippen molar-refractivity contribution in [1.29, 1.82) is 0 Å². The highest BCUT2D eigenvalue weighted by atomic mass is 31.2. The number of hydrogen-bond acceptors (Lipinski definition) is 4. The van der Waals surface area contributed by atoms with Crippen molar-refractivity contribution < 1.29 is 18.4 Å². The van der Waals surface area contributed by atoms with E-state index in [1.54, 1.807) is 11.8 Å². The van der Waals surface area contributed by atoms with E-state index < -0.39 is 13.3 Å². The van der Waals surface area contributed by atoms with E-state index in [1.807, 2.05) is 0 Å². The third kappa shape index (κ3) is 11.3. The van der Waals surface area contributed by atoms with Gasteiger partial charge in [0.1, 0.15) is 5.66 Å². The van der Waals surface area contributed by atoms with Crippen LogP contribution in [0, 0.1) is 0 Å². The number of amides is 1. The highest BCUT2D eigenvalue weighted by molar-refractivity contribution is 7.55. The van der Waals surface area contributed by atoms with Gasteiger partial charge in [0.25, 0.3) is 0 Å². The molecule has 6 heteroatoms. The van der Waals surface area contributed by atoms with Gasteiger partial charge in [-0.25, -0.2) is 0 Å². The standard InChI is InChI=1S/C21H44NO4P/c1-6-10-12-14-18-25-27(24,26-19-15-13-11-7-2)20(5)21(23)22(16-8-3)17-9-4/h20H,6-19H2,1-5H3. The van der Waals surface area contributed by atoms with Crippen LogP contribution in [0.5, 0.6) is 0 Å². The molecule has 0 saturated heterocycles. The van der Waals surface area contributed by atoms with Gasteiger partial charge in [0, 0.05) is 13.1 Å². The fourth-order valence-corrected chi connectivity index (χ4v) is 4.70. The Morgan fingerprint density at radius 3 is 1.59 bits per heavy atom. The van der Waals surface area contributed by atoms with Gasteiger partial charge in [0.15, 0.2) is 0 Å². The molecular weight excluding hydrogens is 361 g/mol. The quantitative estimate of drug-likeness (QED) is 0.195. The molecule has 0 rings (SSSR count). The summed E-state index contributed by atoms with van der Waals surface area (Å²) >= 11 is 0. The summed E-state index contributed by atoms with van der Waals surface area (Å²) in [6, 6.07) is 0. The van der Waals surface area contributed by atoms with E-state index >= 15 is 0 Å². The number of unbranched alkanes of at least 4 members (excludes halogenated alkanes) is 6. The van der Waals surface area contributed by atoms with Crippen LogP contribution in [-0.2, 0) is 18.4 Å². The molecule has 27 heavy (non-hydrogen) atoms. The predicted octanol–water partition coefficient (Wildman–Crippen LogP) is 6.41. The van der Waals surface area contributed by atoms with Crippen LogP contribution < -0.4 is 0 Å². The van der Waals surface area contributed by atoms with Crippen LogP contribution in [0.15, 0.2) is 0 Å². The van der Waals surface area contributed by atoms with E-state index in [4.69, 9.17) is 9.05 Å². The van der Waals surface area contributed by atoms with Gasteiger partial charge in [-0.2, -0.15) is 0 Å². The minimum absolute atomic E-state index is 0.107. The third-order valence-corrected chi connectivity index (χ3v) is 6.92. The van der Waals surface area contributed by atoms with Crippen LogP contribution in [0.1, 0.15) is 98.8 Å². The molecule has 0 heterocycles. The van der Waals surface area contributed by atoms with Gasteiger partial charge in [-0.05, 0) is 32.6 Å². The Bertz CT molecular complexity index is 393. The molecule has 0 aromatic heterocycles. The molecule has 0 aliphatic carbocycles. The Hall–Kier alpha value is -0.380. The lowest BCUT2D eigenvalue weighted by Crippen LogP contribution is -2.39. The first kappa shape index (κ1) is 26.6. The first-order chi connectivity index (χ1) is 13.0. The molecule has 0 fully saturated rings. The summed E-state index contributed by atoms with van der Waals surface area (Å²) in [5.74, 6) is -0.107. The smallest absolute Gasteiger partial charge is 0.342 e. The zero-order valence-electron chi connectivity index (χ0n) is 18.5. The van der Waals surface area contributed by atoms with E-state index in [2.05, 4.69) is 27.7 Å². The van der Waals surface area contributed by atoms with E-state index in [0.29, 0.717) is 26.3 Å². The Labute approximate surface area is 168 Å². The van der Waals surface area contributed by atoms with Gasteiger partial charge in [-0.1, -0.05) is 66.2 Å². The first-order valence-corrected chi connectivity index (χ1v) is 12.7. The van der Waals surface area contributed by atoms with Gasteiger partial charge < -0.3 is 13.9 Å². The van der Waals surface area contributed by atoms with Gasteiger partial charge in [-0.3, -0.25) is 9.36 Å². The monoisotopic (exact) mass is 405 g/mol. The summed E-state index contributed by atoms with van der Waals surface area (Å²) in [7, 11) is -3.46. The Morgan fingerprint density at radius 1 is 0.778 bits per heavy atom. The summed E-state index contributed by atoms with van der Waals surface area (Å²) in [5, 5.41) is 0. The lowest BCUT2D eigenvalue weighted by atomic mass is 10.2. The minimum Gasteiger partial charge on any atom is -0.342 e. The molecule has 1 amide bonds. The van der Waals surface area contributed by atoms with Crippen molar-refractivity contribution in [3.8, 4) is 0 Å². The van der Waals surface area contributed by atoms with Gasteiger partial charge in [0.05, 0.1) is 13.2 Å². The molecule has 0 N–H and O–H groups in total. The largest absolute Gasteiger partial charge is 0.342 e. The second-order valence-electron chi connectivity index (χ2n) is 7.33. The zero-order chi connectivity index (χ0) is 20.5. The molecule has 5 nitrogen and oxygen atoms in total. The van der Waals surface area contributed by atoms with E-state index in [0.717, 1.165) is 64.2 Å². The average molecular weight is 406 g/mol. The number of carbonyl (C=O) groups excluding carboxylic acids is 1. The molecule has 162 valence electrons. The summed E-state index contributed by atoms with van der Waals surface area (Å²) in [5.41, 5.74) is -0.743. The van der Waals surface area contributed by atoms with Crippen molar-refractivity contribution >= 4 is 13.5 Å². The molecule has 0 aromatic carbocycles. The maximum Gasteiger partial charge on any atom is 0.342 e. The lowest BCUT2D eigenvalue weighted by Gasteiger charge is -2.29. The predicted molar refractivity (Wildman–Crippen MR) is 114 cm³/mol. The second kappa shape index (κ2) is 16.6. The van der Waals surface area contributed by atoms with Gasteiger partial charge >= 0.3 is 7.60 Å². The van der Waals surface area contributed by atoms with Crippen molar-refractivity contribution in [3.63, 3.8) is 0 Å². The number of carbonyl (C=O) groups is 1. The van der Waals surface area contributed by atoms with Gasteiger partial charge in [0.2, 0.25) is 5.91 Å². The van der Waals surface area contributed by atoms with Crippen molar-refractivity contribution in [2.24, 2.45) is 0 Å². The van der Waals surface area contributed by atoms with Crippen LogP contribution in [0.4, 0.5) is 0 Å². The highest BCUT2D eigenvalue weighted by Crippen LogP contribution is 2.54. The lowest BCUT2D eigenvalue weighted by molar-refractivity contribution is -0.131. The third-order valence-electron chi connectivity index (χ3n) is 4.67. The number of rotatable bonds is 18. The summed E-state index contributed by atoms with van der Waals surface area (Å²) in [6.07, 6.45) is 10.1. The van der Waals surface area contributed by atoms with Gasteiger partial charge in [-0.15, -0.1) is 0 Å². The van der Waals surface area contributed by atoms with Crippen LogP contribution in [0.2, 0.25) is 0 Å². The molecular formula is C21H44NO4P. The first-order valence-electron chi connectivity index (χ1n) is 11.1. The molecule has 0 aliphatic rings. The van der Waals surface area contributed by atoms with Crippen molar-refractivity contribution in [2.45, 2.75) is 104 Å². The second-order valence-corrected chi connectivity index (χ2v) is 9.70. The van der Waals surface area contributed by atoms with Crippen LogP contribution in [0.3, 0.4) is 0 Å². The van der Waals surface area contributed by atoms with E-state index in [9.17, 15) is 9.36 Å². The highest BCUT2D eigenvalue weighted by Gasteiger charge is 2.39. The molecule has 1 unspecified atom stereocenters. The Morgan fingerprint density at radius 2 is 1.22 bits per heavy atom. The number of hydrogen-bond donors (Lipinski definition) is 0. The normalized spacial score (nSPS) is 12.9. The summed E-state index contributed by atoms with van der Waals surface area (Å²) < 4.78 is 25.0. The Balaban J connectivity index is 4.93. The molecule has 0 spiro atoms. The molecule has 0 aliphatic heterocycles. The maximum absolute atomic E-state index is 13.4. The number of nitrogens with zero attached hydrogens (tertiary/aromatic N) is 1. The van der Waals surface area contributed by atoms with Crippen molar-refractivity contribution in [2.75, 3.05) is 26.3 Å². The molecule has 0 bridgehead atoms. The summed E-state index contributed by atoms with van der Waals surface area (Å²) in [4.78, 5) is 14.7. The fraction of sp³-hybridized carbons (Fsp3) is 0.952. The average Bonchev–Trinajstić information content (AvgIpc) is 2.66. The van der Waals surface area contributed by atoms with Crippen molar-refractivity contribution in [1.82, 2.24) is 4.90 Å². The fourth-order valence-electron chi connectivity index (χ4n) is 2.97.